The lowest BCUT2D eigenvalue weighted by atomic mass is 10.1. The Morgan fingerprint density at radius 2 is 1.97 bits per heavy atom. The van der Waals surface area contributed by atoms with Crippen molar-refractivity contribution in [3.8, 4) is 22.6 Å². The Morgan fingerprint density at radius 3 is 2.80 bits per heavy atom. The van der Waals surface area contributed by atoms with Crippen molar-refractivity contribution >= 4 is 17.4 Å². The van der Waals surface area contributed by atoms with Gasteiger partial charge in [0, 0.05) is 30.9 Å². The van der Waals surface area contributed by atoms with Gasteiger partial charge in [-0.1, -0.05) is 42.5 Å². The normalized spacial score (nSPS) is 12.2. The minimum absolute atomic E-state index is 0.220. The number of para-hydroxylation sites is 1. The van der Waals surface area contributed by atoms with E-state index < -0.39 is 0 Å². The van der Waals surface area contributed by atoms with Crippen LogP contribution in [0.15, 0.2) is 61.1 Å². The minimum Gasteiger partial charge on any atom is -0.454 e. The van der Waals surface area contributed by atoms with Gasteiger partial charge in [0.05, 0.1) is 5.52 Å². The molecular weight excluding hydrogens is 382 g/mol. The van der Waals surface area contributed by atoms with E-state index in [1.807, 2.05) is 48.5 Å². The van der Waals surface area contributed by atoms with Crippen molar-refractivity contribution in [2.24, 2.45) is 0 Å². The van der Waals surface area contributed by atoms with Crippen LogP contribution in [0.3, 0.4) is 0 Å². The summed E-state index contributed by atoms with van der Waals surface area (Å²) < 4.78 is 12.8. The van der Waals surface area contributed by atoms with Gasteiger partial charge < -0.3 is 20.1 Å². The van der Waals surface area contributed by atoms with E-state index in [4.69, 9.17) is 9.47 Å². The molecule has 4 aromatic rings. The zero-order valence-corrected chi connectivity index (χ0v) is 16.3. The minimum atomic E-state index is -0.252. The molecule has 0 saturated carbocycles. The van der Waals surface area contributed by atoms with Crippen LogP contribution >= 0.6 is 0 Å². The van der Waals surface area contributed by atoms with Crippen LogP contribution in [-0.4, -0.2) is 34.1 Å². The summed E-state index contributed by atoms with van der Waals surface area (Å²) in [5.74, 6) is 1.79. The number of fused-ring (bicyclic) bond motifs is 2. The number of hydrogen-bond donors (Lipinski definition) is 2. The van der Waals surface area contributed by atoms with Crippen molar-refractivity contribution in [1.29, 1.82) is 0 Å². The Bertz CT molecular complexity index is 1240. The Balaban J connectivity index is 1.56. The Hall–Kier alpha value is -4.07. The van der Waals surface area contributed by atoms with Gasteiger partial charge in [-0.3, -0.25) is 9.20 Å². The number of nitrogens with one attached hydrogen (secondary N) is 2. The molecule has 150 valence electrons. The number of amides is 1. The molecule has 8 heteroatoms. The zero-order chi connectivity index (χ0) is 20.5. The van der Waals surface area contributed by atoms with Crippen LogP contribution in [0.1, 0.15) is 16.1 Å². The van der Waals surface area contributed by atoms with Gasteiger partial charge in [0.25, 0.3) is 5.91 Å². The second kappa shape index (κ2) is 7.40. The van der Waals surface area contributed by atoms with Crippen LogP contribution in [0.25, 0.3) is 16.6 Å². The molecule has 0 radical (unpaired) electrons. The van der Waals surface area contributed by atoms with Crippen molar-refractivity contribution in [2.45, 2.75) is 6.54 Å². The summed E-state index contributed by atoms with van der Waals surface area (Å²) in [6, 6.07) is 15.6. The van der Waals surface area contributed by atoms with Crippen molar-refractivity contribution in [1.82, 2.24) is 19.7 Å². The van der Waals surface area contributed by atoms with E-state index in [0.29, 0.717) is 23.7 Å². The first-order valence-electron chi connectivity index (χ1n) is 9.51. The molecule has 1 amide bonds. The number of carbonyl (C=O) groups excluding carboxylic acids is 1. The van der Waals surface area contributed by atoms with Gasteiger partial charge in [0.1, 0.15) is 6.33 Å². The molecule has 0 atom stereocenters. The number of aromatic nitrogens is 3. The van der Waals surface area contributed by atoms with E-state index >= 15 is 0 Å². The molecule has 2 aromatic carbocycles. The molecule has 0 spiro atoms. The highest BCUT2D eigenvalue weighted by Gasteiger charge is 2.20. The Labute approximate surface area is 172 Å². The highest BCUT2D eigenvalue weighted by molar-refractivity contribution is 6.03. The highest BCUT2D eigenvalue weighted by atomic mass is 16.7. The van der Waals surface area contributed by atoms with Crippen LogP contribution in [0.5, 0.6) is 11.5 Å². The summed E-state index contributed by atoms with van der Waals surface area (Å²) in [4.78, 5) is 21.4. The maximum absolute atomic E-state index is 12.4. The maximum atomic E-state index is 12.4. The summed E-state index contributed by atoms with van der Waals surface area (Å²) in [7, 11) is 1.59. The van der Waals surface area contributed by atoms with Gasteiger partial charge >= 0.3 is 0 Å². The van der Waals surface area contributed by atoms with Crippen molar-refractivity contribution in [2.75, 3.05) is 19.2 Å². The van der Waals surface area contributed by atoms with Gasteiger partial charge in [-0.25, -0.2) is 9.97 Å². The van der Waals surface area contributed by atoms with E-state index in [0.717, 1.165) is 28.2 Å². The lowest BCUT2D eigenvalue weighted by molar-refractivity contribution is 0.0960. The number of nitrogens with zero attached hydrogens (tertiary/aromatic N) is 3. The predicted molar refractivity (Wildman–Crippen MR) is 112 cm³/mol. The molecule has 30 heavy (non-hydrogen) atoms. The quantitative estimate of drug-likeness (QED) is 0.534. The summed E-state index contributed by atoms with van der Waals surface area (Å²) >= 11 is 0. The predicted octanol–water partition coefficient (Wildman–Crippen LogP) is 3.10. The second-order valence-electron chi connectivity index (χ2n) is 6.76. The number of imidazole rings is 1. The summed E-state index contributed by atoms with van der Waals surface area (Å²) in [6.45, 7) is 0.699. The first kappa shape index (κ1) is 18.0. The summed E-state index contributed by atoms with van der Waals surface area (Å²) in [5.41, 5.74) is 3.78. The molecule has 2 aromatic heterocycles. The van der Waals surface area contributed by atoms with Crippen LogP contribution in [-0.2, 0) is 6.54 Å². The molecule has 0 aliphatic carbocycles. The van der Waals surface area contributed by atoms with Crippen molar-refractivity contribution < 1.29 is 14.3 Å². The molecule has 0 unspecified atom stereocenters. The van der Waals surface area contributed by atoms with Gasteiger partial charge in [0.2, 0.25) is 12.7 Å². The molecule has 0 bridgehead atoms. The van der Waals surface area contributed by atoms with Crippen LogP contribution < -0.4 is 20.1 Å². The molecule has 1 aliphatic heterocycles. The second-order valence-corrected chi connectivity index (χ2v) is 6.76. The molecule has 2 N–H and O–H groups in total. The van der Waals surface area contributed by atoms with Crippen LogP contribution in [0.4, 0.5) is 5.95 Å². The number of rotatable bonds is 5. The van der Waals surface area contributed by atoms with Crippen LogP contribution in [0.2, 0.25) is 0 Å². The molecular formula is C22H19N5O3. The van der Waals surface area contributed by atoms with E-state index in [2.05, 4.69) is 20.6 Å². The topological polar surface area (TPSA) is 89.8 Å². The molecule has 0 fully saturated rings. The van der Waals surface area contributed by atoms with Crippen molar-refractivity contribution in [3.63, 3.8) is 0 Å². The van der Waals surface area contributed by atoms with E-state index in [1.165, 1.54) is 0 Å². The van der Waals surface area contributed by atoms with Gasteiger partial charge in [-0.15, -0.1) is 0 Å². The molecule has 0 saturated heterocycles. The number of anilines is 1. The Kier molecular flexibility index (Phi) is 4.44. The summed E-state index contributed by atoms with van der Waals surface area (Å²) in [6.07, 6.45) is 3.37. The Morgan fingerprint density at radius 1 is 1.10 bits per heavy atom. The largest absolute Gasteiger partial charge is 0.454 e. The number of carbonyl (C=O) groups is 1. The van der Waals surface area contributed by atoms with E-state index in [9.17, 15) is 4.79 Å². The third kappa shape index (κ3) is 2.98. The molecule has 3 heterocycles. The fraction of sp³-hybridized carbons (Fsp3) is 0.136. The molecule has 5 rings (SSSR count). The monoisotopic (exact) mass is 401 g/mol. The fourth-order valence-electron chi connectivity index (χ4n) is 3.56. The summed E-state index contributed by atoms with van der Waals surface area (Å²) in [5, 5.41) is 5.98. The third-order valence-electron chi connectivity index (χ3n) is 5.01. The third-order valence-corrected chi connectivity index (χ3v) is 5.01. The average Bonchev–Trinajstić information content (AvgIpc) is 3.45. The van der Waals surface area contributed by atoms with Gasteiger partial charge in [0.15, 0.2) is 17.2 Å². The van der Waals surface area contributed by atoms with Crippen LogP contribution in [0, 0.1) is 0 Å². The number of benzene rings is 2. The zero-order valence-electron chi connectivity index (χ0n) is 16.3. The van der Waals surface area contributed by atoms with E-state index in [-0.39, 0.29) is 12.7 Å². The smallest absolute Gasteiger partial charge is 0.271 e. The standard InChI is InChI=1S/C22H19N5O3/c1-23-21(28)18-19-16(14-6-3-2-4-7-14)11-25-22(27(19)12-26-18)24-10-15-8-5-9-17-20(15)30-13-29-17/h2-9,11-12H,10,13H2,1H3,(H,23,28)(H,24,25). The number of hydrogen-bond acceptors (Lipinski definition) is 6. The molecule has 1 aliphatic rings. The van der Waals surface area contributed by atoms with Crippen molar-refractivity contribution in [3.05, 3.63) is 72.3 Å². The highest BCUT2D eigenvalue weighted by Crippen LogP contribution is 2.35. The molecule has 8 nitrogen and oxygen atoms in total. The van der Waals surface area contributed by atoms with E-state index in [1.54, 1.807) is 24.0 Å². The maximum Gasteiger partial charge on any atom is 0.271 e. The first-order chi connectivity index (χ1) is 14.8. The first-order valence-corrected chi connectivity index (χ1v) is 9.51. The number of ether oxygens (including phenoxy) is 2. The SMILES string of the molecule is CNC(=O)c1ncn2c(NCc3cccc4c3OCO4)ncc(-c3ccccc3)c12. The van der Waals surface area contributed by atoms with Gasteiger partial charge in [-0.05, 0) is 11.6 Å². The fourth-order valence-corrected chi connectivity index (χ4v) is 3.56. The average molecular weight is 401 g/mol. The lowest BCUT2D eigenvalue weighted by Gasteiger charge is -2.12. The lowest BCUT2D eigenvalue weighted by Crippen LogP contribution is -2.19. The van der Waals surface area contributed by atoms with Gasteiger partial charge in [-0.2, -0.15) is 0 Å².